The Balaban J connectivity index is 1.20. The van der Waals surface area contributed by atoms with E-state index in [1.807, 2.05) is 0 Å². The average Bonchev–Trinajstić information content (AvgIpc) is 2.79. The lowest BCUT2D eigenvalue weighted by molar-refractivity contribution is 0.104. The predicted molar refractivity (Wildman–Crippen MR) is 126 cm³/mol. The molecule has 4 saturated carbocycles. The Bertz CT molecular complexity index is 842. The molecule has 4 aliphatic rings. The quantitative estimate of drug-likeness (QED) is 0.546. The van der Waals surface area contributed by atoms with Crippen LogP contribution in [0.2, 0.25) is 0 Å². The molecule has 0 unspecified atom stereocenters. The highest BCUT2D eigenvalue weighted by Gasteiger charge is 2.39. The third kappa shape index (κ3) is 4.40. The molecule has 2 bridgehead atoms. The van der Waals surface area contributed by atoms with Crippen molar-refractivity contribution >= 4 is 10.8 Å². The average molecular weight is 406 g/mol. The van der Waals surface area contributed by atoms with Crippen LogP contribution in [0.1, 0.15) is 83.6 Å². The summed E-state index contributed by atoms with van der Waals surface area (Å²) < 4.78 is 6.37. The number of ether oxygens (including phenoxy) is 1. The van der Waals surface area contributed by atoms with Crippen LogP contribution in [-0.2, 0) is 6.54 Å². The summed E-state index contributed by atoms with van der Waals surface area (Å²) in [5, 5.41) is 6.58. The van der Waals surface area contributed by atoms with Gasteiger partial charge in [-0.05, 0) is 116 Å². The van der Waals surface area contributed by atoms with Crippen LogP contribution in [0, 0.1) is 17.8 Å². The van der Waals surface area contributed by atoms with E-state index in [9.17, 15) is 0 Å². The van der Waals surface area contributed by atoms with E-state index < -0.39 is 0 Å². The Morgan fingerprint density at radius 1 is 0.867 bits per heavy atom. The SMILES string of the molecule is CC(C)C1CCC(Oc2ccc3cc(CNC45CCC(CC4)CC5)ccc3c2)CC1. The van der Waals surface area contributed by atoms with E-state index in [4.69, 9.17) is 4.74 Å². The Morgan fingerprint density at radius 3 is 2.23 bits per heavy atom. The van der Waals surface area contributed by atoms with Gasteiger partial charge in [0.1, 0.15) is 5.75 Å². The zero-order valence-electron chi connectivity index (χ0n) is 19.0. The van der Waals surface area contributed by atoms with E-state index in [0.29, 0.717) is 11.6 Å². The predicted octanol–water partition coefficient (Wildman–Crippen LogP) is 7.25. The van der Waals surface area contributed by atoms with Crippen molar-refractivity contribution in [2.45, 2.75) is 96.2 Å². The van der Waals surface area contributed by atoms with Gasteiger partial charge in [0, 0.05) is 12.1 Å². The van der Waals surface area contributed by atoms with Crippen LogP contribution in [0.3, 0.4) is 0 Å². The van der Waals surface area contributed by atoms with Gasteiger partial charge in [0.05, 0.1) is 6.10 Å². The molecule has 2 nitrogen and oxygen atoms in total. The molecule has 0 aromatic heterocycles. The normalized spacial score (nSPS) is 31.4. The molecular weight excluding hydrogens is 366 g/mol. The highest BCUT2D eigenvalue weighted by Crippen LogP contribution is 2.44. The van der Waals surface area contributed by atoms with Gasteiger partial charge >= 0.3 is 0 Å². The van der Waals surface area contributed by atoms with Crippen molar-refractivity contribution in [3.63, 3.8) is 0 Å². The lowest BCUT2D eigenvalue weighted by Crippen LogP contribution is -2.51. The maximum Gasteiger partial charge on any atom is 0.120 e. The summed E-state index contributed by atoms with van der Waals surface area (Å²) in [5.74, 6) is 3.76. The minimum atomic E-state index is 0.394. The van der Waals surface area contributed by atoms with Crippen LogP contribution in [0.15, 0.2) is 36.4 Å². The lowest BCUT2D eigenvalue weighted by Gasteiger charge is -2.47. The first-order valence-electron chi connectivity index (χ1n) is 12.5. The molecule has 2 heteroatoms. The van der Waals surface area contributed by atoms with Gasteiger partial charge in [-0.2, -0.15) is 0 Å². The molecule has 0 amide bonds. The standard InChI is InChI=1S/C28H39NO/c1-20(2)23-5-8-26(9-6-23)30-27-10-7-24-17-22(3-4-25(24)18-27)19-29-28-14-11-21(12-15-28)13-16-28/h3-4,7,10,17-18,20-21,23,26,29H,5-6,8-9,11-16,19H2,1-2H3. The summed E-state index contributed by atoms with van der Waals surface area (Å²) in [7, 11) is 0. The van der Waals surface area contributed by atoms with Crippen LogP contribution in [0.4, 0.5) is 0 Å². The van der Waals surface area contributed by atoms with E-state index in [-0.39, 0.29) is 0 Å². The number of benzene rings is 2. The smallest absolute Gasteiger partial charge is 0.120 e. The molecule has 162 valence electrons. The van der Waals surface area contributed by atoms with Gasteiger partial charge in [-0.1, -0.05) is 32.0 Å². The fourth-order valence-corrected chi connectivity index (χ4v) is 6.33. The van der Waals surface area contributed by atoms with Crippen molar-refractivity contribution in [2.75, 3.05) is 0 Å². The van der Waals surface area contributed by atoms with Gasteiger partial charge in [0.2, 0.25) is 0 Å². The maximum atomic E-state index is 6.37. The summed E-state index contributed by atoms with van der Waals surface area (Å²) >= 11 is 0. The number of fused-ring (bicyclic) bond motifs is 4. The minimum absolute atomic E-state index is 0.394. The van der Waals surface area contributed by atoms with Gasteiger partial charge in [0.15, 0.2) is 0 Å². The minimum Gasteiger partial charge on any atom is -0.490 e. The largest absolute Gasteiger partial charge is 0.490 e. The first kappa shape index (κ1) is 20.4. The van der Waals surface area contributed by atoms with Crippen molar-refractivity contribution in [2.24, 2.45) is 17.8 Å². The third-order valence-corrected chi connectivity index (χ3v) is 8.60. The summed E-state index contributed by atoms with van der Waals surface area (Å²) in [6.07, 6.45) is 13.9. The van der Waals surface area contributed by atoms with E-state index in [2.05, 4.69) is 55.6 Å². The number of nitrogens with one attached hydrogen (secondary N) is 1. The highest BCUT2D eigenvalue weighted by molar-refractivity contribution is 5.84. The molecule has 30 heavy (non-hydrogen) atoms. The molecule has 1 N–H and O–H groups in total. The molecule has 0 spiro atoms. The molecule has 6 rings (SSSR count). The monoisotopic (exact) mass is 405 g/mol. The number of hydrogen-bond donors (Lipinski definition) is 1. The Hall–Kier alpha value is -1.54. The molecule has 2 aromatic carbocycles. The van der Waals surface area contributed by atoms with Crippen LogP contribution in [0.5, 0.6) is 5.75 Å². The second-order valence-electron chi connectivity index (χ2n) is 10.9. The fraction of sp³-hybridized carbons (Fsp3) is 0.643. The second kappa shape index (κ2) is 8.54. The first-order valence-corrected chi connectivity index (χ1v) is 12.5. The molecule has 0 saturated heterocycles. The third-order valence-electron chi connectivity index (χ3n) is 8.60. The highest BCUT2D eigenvalue weighted by atomic mass is 16.5. The molecular formula is C28H39NO. The molecule has 4 aliphatic carbocycles. The van der Waals surface area contributed by atoms with Crippen LogP contribution >= 0.6 is 0 Å². The molecule has 0 atom stereocenters. The van der Waals surface area contributed by atoms with Gasteiger partial charge in [0.25, 0.3) is 0 Å². The first-order chi connectivity index (χ1) is 14.6. The number of hydrogen-bond acceptors (Lipinski definition) is 2. The summed E-state index contributed by atoms with van der Waals surface area (Å²) in [4.78, 5) is 0. The Kier molecular flexibility index (Phi) is 5.79. The van der Waals surface area contributed by atoms with E-state index in [1.54, 1.807) is 0 Å². The molecule has 2 aromatic rings. The van der Waals surface area contributed by atoms with Gasteiger partial charge < -0.3 is 10.1 Å². The van der Waals surface area contributed by atoms with Crippen molar-refractivity contribution in [3.05, 3.63) is 42.0 Å². The molecule has 4 fully saturated rings. The zero-order valence-corrected chi connectivity index (χ0v) is 19.0. The van der Waals surface area contributed by atoms with Crippen molar-refractivity contribution in [1.29, 1.82) is 0 Å². The van der Waals surface area contributed by atoms with E-state index >= 15 is 0 Å². The Morgan fingerprint density at radius 2 is 1.53 bits per heavy atom. The van der Waals surface area contributed by atoms with Gasteiger partial charge in [-0.15, -0.1) is 0 Å². The lowest BCUT2D eigenvalue weighted by atomic mass is 9.66. The molecule has 0 radical (unpaired) electrons. The number of rotatable bonds is 6. The maximum absolute atomic E-state index is 6.37. The van der Waals surface area contributed by atoms with Gasteiger partial charge in [-0.3, -0.25) is 0 Å². The van der Waals surface area contributed by atoms with Gasteiger partial charge in [-0.25, -0.2) is 0 Å². The van der Waals surface area contributed by atoms with Crippen LogP contribution < -0.4 is 10.1 Å². The topological polar surface area (TPSA) is 21.3 Å². The molecule has 0 heterocycles. The summed E-state index contributed by atoms with van der Waals surface area (Å²) in [6.45, 7) is 5.72. The second-order valence-corrected chi connectivity index (χ2v) is 10.9. The fourth-order valence-electron chi connectivity index (χ4n) is 6.33. The molecule has 0 aliphatic heterocycles. The van der Waals surface area contributed by atoms with Crippen molar-refractivity contribution < 1.29 is 4.74 Å². The van der Waals surface area contributed by atoms with E-state index in [1.165, 1.54) is 80.5 Å². The van der Waals surface area contributed by atoms with Crippen LogP contribution in [-0.4, -0.2) is 11.6 Å². The Labute approximate surface area is 182 Å². The summed E-state index contributed by atoms with van der Waals surface area (Å²) in [5.41, 5.74) is 1.83. The van der Waals surface area contributed by atoms with Crippen molar-refractivity contribution in [3.8, 4) is 5.75 Å². The van der Waals surface area contributed by atoms with Crippen molar-refractivity contribution in [1.82, 2.24) is 5.32 Å². The van der Waals surface area contributed by atoms with E-state index in [0.717, 1.165) is 30.0 Å². The summed E-state index contributed by atoms with van der Waals surface area (Å²) in [6, 6.07) is 13.6. The van der Waals surface area contributed by atoms with Crippen LogP contribution in [0.25, 0.3) is 10.8 Å². The zero-order chi connectivity index (χ0) is 20.6.